The molecule has 3 heteroatoms. The highest BCUT2D eigenvalue weighted by Crippen LogP contribution is 2.69. The fourth-order valence-electron chi connectivity index (χ4n) is 7.53. The summed E-state index contributed by atoms with van der Waals surface area (Å²) >= 11 is 0. The molecule has 0 amide bonds. The summed E-state index contributed by atoms with van der Waals surface area (Å²) in [6.45, 7) is 4.67. The summed E-state index contributed by atoms with van der Waals surface area (Å²) in [5.74, 6) is 0.371. The van der Waals surface area contributed by atoms with E-state index < -0.39 is 5.41 Å². The van der Waals surface area contributed by atoms with Crippen molar-refractivity contribution < 1.29 is 9.53 Å². The van der Waals surface area contributed by atoms with Crippen molar-refractivity contribution in [2.24, 2.45) is 11.3 Å². The molecule has 168 valence electrons. The van der Waals surface area contributed by atoms with Gasteiger partial charge in [0.1, 0.15) is 0 Å². The Labute approximate surface area is 196 Å². The van der Waals surface area contributed by atoms with Crippen molar-refractivity contribution in [2.75, 3.05) is 20.2 Å². The molecule has 3 aromatic rings. The molecule has 7 rings (SSSR count). The maximum absolute atomic E-state index is 13.7. The van der Waals surface area contributed by atoms with Gasteiger partial charge in [-0.3, -0.25) is 9.69 Å². The topological polar surface area (TPSA) is 29.5 Å². The molecule has 1 heterocycles. The Morgan fingerprint density at radius 1 is 1.00 bits per heavy atom. The fraction of sp³-hybridized carbons (Fsp3) is 0.367. The minimum atomic E-state index is -0.513. The molecule has 4 atom stereocenters. The highest BCUT2D eigenvalue weighted by atomic mass is 16.5. The fourth-order valence-corrected chi connectivity index (χ4v) is 7.53. The van der Waals surface area contributed by atoms with Crippen LogP contribution in [-0.4, -0.2) is 31.1 Å². The molecule has 0 spiro atoms. The predicted molar refractivity (Wildman–Crippen MR) is 130 cm³/mol. The van der Waals surface area contributed by atoms with Crippen LogP contribution in [0.2, 0.25) is 0 Å². The van der Waals surface area contributed by atoms with E-state index in [-0.39, 0.29) is 23.2 Å². The Hall–Kier alpha value is -2.91. The first-order valence-corrected chi connectivity index (χ1v) is 12.1. The number of aryl methyl sites for hydroxylation is 1. The highest BCUT2D eigenvalue weighted by molar-refractivity contribution is 5.82. The third kappa shape index (κ3) is 2.81. The lowest BCUT2D eigenvalue weighted by Crippen LogP contribution is -2.60. The Bertz CT molecular complexity index is 1190. The number of esters is 1. The van der Waals surface area contributed by atoms with Gasteiger partial charge in [-0.05, 0) is 42.0 Å². The second-order valence-electron chi connectivity index (χ2n) is 10.3. The van der Waals surface area contributed by atoms with Crippen LogP contribution in [0.3, 0.4) is 0 Å². The van der Waals surface area contributed by atoms with Crippen LogP contribution in [0, 0.1) is 18.3 Å². The lowest BCUT2D eigenvalue weighted by molar-refractivity contribution is -0.161. The monoisotopic (exact) mass is 437 g/mol. The zero-order valence-electron chi connectivity index (χ0n) is 19.5. The molecule has 0 aromatic heterocycles. The molecule has 2 fully saturated rings. The first kappa shape index (κ1) is 20.7. The molecule has 0 radical (unpaired) electrons. The summed E-state index contributed by atoms with van der Waals surface area (Å²) in [7, 11) is 1.57. The van der Waals surface area contributed by atoms with Gasteiger partial charge in [0.05, 0.1) is 12.5 Å². The van der Waals surface area contributed by atoms with Crippen molar-refractivity contribution in [1.82, 2.24) is 4.90 Å². The number of fused-ring (bicyclic) bond motifs is 1. The van der Waals surface area contributed by atoms with Crippen LogP contribution >= 0.6 is 0 Å². The molecule has 0 N–H and O–H groups in total. The summed E-state index contributed by atoms with van der Waals surface area (Å²) < 4.78 is 5.59. The molecule has 3 aliphatic carbocycles. The number of hydrogen-bond donors (Lipinski definition) is 0. The zero-order valence-corrected chi connectivity index (χ0v) is 19.5. The second-order valence-corrected chi connectivity index (χ2v) is 10.3. The van der Waals surface area contributed by atoms with Crippen LogP contribution in [0.1, 0.15) is 46.6 Å². The second kappa shape index (κ2) is 7.56. The quantitative estimate of drug-likeness (QED) is 0.508. The van der Waals surface area contributed by atoms with E-state index in [1.54, 1.807) is 7.11 Å². The maximum atomic E-state index is 13.7. The number of carbonyl (C=O) groups excluding carboxylic acids is 1. The Kier molecular flexibility index (Phi) is 4.74. The van der Waals surface area contributed by atoms with E-state index in [9.17, 15) is 4.79 Å². The number of carbonyl (C=O) groups is 1. The minimum absolute atomic E-state index is 0.0289. The van der Waals surface area contributed by atoms with E-state index in [1.807, 2.05) is 0 Å². The van der Waals surface area contributed by atoms with Crippen LogP contribution in [0.5, 0.6) is 0 Å². The van der Waals surface area contributed by atoms with Crippen molar-refractivity contribution >= 4 is 5.97 Å². The highest BCUT2D eigenvalue weighted by Gasteiger charge is 2.70. The largest absolute Gasteiger partial charge is 0.469 e. The first-order valence-electron chi connectivity index (χ1n) is 12.1. The Morgan fingerprint density at radius 2 is 1.73 bits per heavy atom. The molecular formula is C30H31NO2. The van der Waals surface area contributed by atoms with Gasteiger partial charge < -0.3 is 4.74 Å². The molecular weight excluding hydrogens is 406 g/mol. The Morgan fingerprint density at radius 3 is 2.48 bits per heavy atom. The lowest BCUT2D eigenvalue weighted by atomic mass is 9.42. The maximum Gasteiger partial charge on any atom is 0.314 e. The van der Waals surface area contributed by atoms with Gasteiger partial charge >= 0.3 is 5.97 Å². The van der Waals surface area contributed by atoms with E-state index in [0.717, 1.165) is 32.5 Å². The zero-order chi connectivity index (χ0) is 22.6. The molecule has 1 aliphatic heterocycles. The van der Waals surface area contributed by atoms with E-state index in [1.165, 1.54) is 27.8 Å². The van der Waals surface area contributed by atoms with Crippen molar-refractivity contribution in [2.45, 2.75) is 37.6 Å². The van der Waals surface area contributed by atoms with Crippen LogP contribution < -0.4 is 0 Å². The number of benzene rings is 3. The number of rotatable bonds is 4. The van der Waals surface area contributed by atoms with Gasteiger partial charge in [-0.1, -0.05) is 84.4 Å². The van der Waals surface area contributed by atoms with Gasteiger partial charge in [-0.25, -0.2) is 0 Å². The molecule has 2 bridgehead atoms. The normalized spacial score (nSPS) is 30.0. The summed E-state index contributed by atoms with van der Waals surface area (Å²) in [5.41, 5.74) is 6.01. The van der Waals surface area contributed by atoms with E-state index in [4.69, 9.17) is 4.74 Å². The molecule has 2 unspecified atom stereocenters. The van der Waals surface area contributed by atoms with Gasteiger partial charge in [0.25, 0.3) is 0 Å². The average molecular weight is 438 g/mol. The molecule has 3 aromatic carbocycles. The van der Waals surface area contributed by atoms with Gasteiger partial charge in [0, 0.05) is 36.9 Å². The number of likely N-dealkylation sites (tertiary alicyclic amines) is 1. The van der Waals surface area contributed by atoms with Crippen LogP contribution in [-0.2, 0) is 21.5 Å². The average Bonchev–Trinajstić information content (AvgIpc) is 3.26. The van der Waals surface area contributed by atoms with Gasteiger partial charge in [0.2, 0.25) is 0 Å². The summed E-state index contributed by atoms with van der Waals surface area (Å²) in [4.78, 5) is 16.3. The van der Waals surface area contributed by atoms with Crippen molar-refractivity contribution in [3.63, 3.8) is 0 Å². The molecule has 1 saturated carbocycles. The Balaban J connectivity index is 1.55. The van der Waals surface area contributed by atoms with Crippen molar-refractivity contribution in [1.29, 1.82) is 0 Å². The SMILES string of the molecule is COC(=O)C12CN(Cc3ccccc3)CC1[C@@]1(c3ccc(C)cc3)CC[C@@H]2c2ccccc21. The van der Waals surface area contributed by atoms with Gasteiger partial charge in [-0.2, -0.15) is 0 Å². The third-order valence-electron chi connectivity index (χ3n) is 8.79. The standard InChI is InChI=1S/C30H31NO2/c1-21-12-14-23(15-13-21)29-17-16-26(24-10-6-7-11-25(24)29)30(28(32)33-2)20-31(19-27(29)30)18-22-8-4-3-5-9-22/h3-15,26-27H,16-20H2,1-2H3/t26-,27?,29-,30?/m1/s1. The van der Waals surface area contributed by atoms with E-state index >= 15 is 0 Å². The van der Waals surface area contributed by atoms with Crippen LogP contribution in [0.15, 0.2) is 78.9 Å². The summed E-state index contributed by atoms with van der Waals surface area (Å²) in [6.07, 6.45) is 2.11. The summed E-state index contributed by atoms with van der Waals surface area (Å²) in [6, 6.07) is 28.6. The van der Waals surface area contributed by atoms with Crippen molar-refractivity contribution in [3.05, 3.63) is 107 Å². The lowest BCUT2D eigenvalue weighted by Gasteiger charge is -2.59. The predicted octanol–water partition coefficient (Wildman–Crippen LogP) is 5.46. The number of ether oxygens (including phenoxy) is 1. The molecule has 4 aliphatic rings. The summed E-state index contributed by atoms with van der Waals surface area (Å²) in [5, 5.41) is 0. The van der Waals surface area contributed by atoms with Crippen LogP contribution in [0.25, 0.3) is 0 Å². The van der Waals surface area contributed by atoms with Gasteiger partial charge in [-0.15, -0.1) is 0 Å². The minimum Gasteiger partial charge on any atom is -0.469 e. The molecule has 3 nitrogen and oxygen atoms in total. The van der Waals surface area contributed by atoms with Crippen molar-refractivity contribution in [3.8, 4) is 0 Å². The van der Waals surface area contributed by atoms with E-state index in [2.05, 4.69) is 90.7 Å². The number of hydrogen-bond acceptors (Lipinski definition) is 3. The molecule has 33 heavy (non-hydrogen) atoms. The van der Waals surface area contributed by atoms with Gasteiger partial charge in [0.15, 0.2) is 0 Å². The first-order chi connectivity index (χ1) is 16.1. The smallest absolute Gasteiger partial charge is 0.314 e. The number of methoxy groups -OCH3 is 1. The third-order valence-corrected chi connectivity index (χ3v) is 8.79. The van der Waals surface area contributed by atoms with E-state index in [0.29, 0.717) is 0 Å². The number of nitrogens with zero attached hydrogens (tertiary/aromatic N) is 1. The van der Waals surface area contributed by atoms with Crippen LogP contribution in [0.4, 0.5) is 0 Å². The molecule has 1 saturated heterocycles.